The summed E-state index contributed by atoms with van der Waals surface area (Å²) in [6.07, 6.45) is 70.5. The van der Waals surface area contributed by atoms with E-state index in [1.54, 1.807) is 6.08 Å². The number of rotatable bonds is 59. The third-order valence-corrected chi connectivity index (χ3v) is 15.8. The lowest BCUT2D eigenvalue weighted by Crippen LogP contribution is -2.60. The van der Waals surface area contributed by atoms with E-state index in [1.165, 1.54) is 205 Å². The topological polar surface area (TPSA) is 175 Å². The number of carbonyl (C=O) groups excluding carboxylic acids is 2. The van der Waals surface area contributed by atoms with Crippen molar-refractivity contribution in [3.8, 4) is 0 Å². The van der Waals surface area contributed by atoms with E-state index in [9.17, 15) is 35.1 Å². The second kappa shape index (κ2) is 59.8. The molecule has 1 aliphatic rings. The maximum Gasteiger partial charge on any atom is 0.305 e. The molecule has 1 saturated heterocycles. The van der Waals surface area contributed by atoms with E-state index in [2.05, 4.69) is 79.9 Å². The van der Waals surface area contributed by atoms with E-state index in [1.807, 2.05) is 6.08 Å². The third kappa shape index (κ3) is 48.3. The van der Waals surface area contributed by atoms with Gasteiger partial charge in [-0.15, -0.1) is 0 Å². The lowest BCUT2D eigenvalue weighted by atomic mass is 9.99. The highest BCUT2D eigenvalue weighted by Gasteiger charge is 2.44. The molecule has 476 valence electrons. The minimum atomic E-state index is -1.58. The first-order valence-corrected chi connectivity index (χ1v) is 34.2. The van der Waals surface area contributed by atoms with Gasteiger partial charge < -0.3 is 45.1 Å². The van der Waals surface area contributed by atoms with Crippen molar-refractivity contribution in [2.45, 2.75) is 346 Å². The molecule has 0 saturated carbocycles. The molecule has 0 aromatic heterocycles. The summed E-state index contributed by atoms with van der Waals surface area (Å²) in [5.41, 5.74) is 0. The average Bonchev–Trinajstić information content (AvgIpc) is 3.64. The number of hydrogen-bond donors (Lipinski definition) is 6. The van der Waals surface area contributed by atoms with Gasteiger partial charge in [-0.05, 0) is 103 Å². The van der Waals surface area contributed by atoms with Crippen molar-refractivity contribution in [2.75, 3.05) is 19.8 Å². The fourth-order valence-corrected chi connectivity index (χ4v) is 10.3. The number of unbranched alkanes of at least 4 members (excludes halogenated alkanes) is 35. The van der Waals surface area contributed by atoms with Gasteiger partial charge in [0, 0.05) is 12.8 Å². The summed E-state index contributed by atoms with van der Waals surface area (Å²) in [4.78, 5) is 25.1. The van der Waals surface area contributed by atoms with Gasteiger partial charge in [0.15, 0.2) is 6.29 Å². The summed E-state index contributed by atoms with van der Waals surface area (Å²) in [7, 11) is 0. The Labute approximate surface area is 502 Å². The normalized spacial score (nSPS) is 18.6. The number of nitrogens with one attached hydrogen (secondary N) is 1. The Morgan fingerprint density at radius 1 is 0.451 bits per heavy atom. The van der Waals surface area contributed by atoms with Gasteiger partial charge in [-0.1, -0.05) is 260 Å². The first-order chi connectivity index (χ1) is 40.2. The molecule has 11 heteroatoms. The molecule has 6 N–H and O–H groups in total. The second-order valence-electron chi connectivity index (χ2n) is 23.5. The Morgan fingerprint density at radius 3 is 1.32 bits per heavy atom. The molecule has 1 amide bonds. The van der Waals surface area contributed by atoms with E-state index in [0.29, 0.717) is 19.4 Å². The predicted molar refractivity (Wildman–Crippen MR) is 343 cm³/mol. The van der Waals surface area contributed by atoms with Crippen LogP contribution in [-0.4, -0.2) is 100 Å². The van der Waals surface area contributed by atoms with Crippen LogP contribution in [0.1, 0.15) is 303 Å². The molecule has 0 bridgehead atoms. The molecule has 1 rings (SSSR count). The van der Waals surface area contributed by atoms with Crippen LogP contribution < -0.4 is 5.32 Å². The molecule has 1 aliphatic heterocycles. The van der Waals surface area contributed by atoms with E-state index in [0.717, 1.165) is 70.6 Å². The van der Waals surface area contributed by atoms with Gasteiger partial charge in [0.25, 0.3) is 0 Å². The summed E-state index contributed by atoms with van der Waals surface area (Å²) < 4.78 is 16.7. The van der Waals surface area contributed by atoms with Crippen molar-refractivity contribution >= 4 is 11.9 Å². The number of ether oxygens (including phenoxy) is 3. The molecule has 0 aliphatic carbocycles. The van der Waals surface area contributed by atoms with Crippen LogP contribution in [0.3, 0.4) is 0 Å². The number of esters is 1. The van der Waals surface area contributed by atoms with Gasteiger partial charge >= 0.3 is 5.97 Å². The molecular formula is C71H127NO10. The average molecular weight is 1150 g/mol. The van der Waals surface area contributed by atoms with Gasteiger partial charge in [-0.3, -0.25) is 9.59 Å². The van der Waals surface area contributed by atoms with Crippen LogP contribution in [0.2, 0.25) is 0 Å². The minimum Gasteiger partial charge on any atom is -0.466 e. The fraction of sp³-hybridized carbons (Fsp3) is 0.803. The Hall–Kier alpha value is -2.90. The van der Waals surface area contributed by atoms with Crippen molar-refractivity contribution in [1.82, 2.24) is 5.32 Å². The maximum atomic E-state index is 13.0. The van der Waals surface area contributed by atoms with Crippen molar-refractivity contribution in [3.63, 3.8) is 0 Å². The second-order valence-corrected chi connectivity index (χ2v) is 23.5. The highest BCUT2D eigenvalue weighted by Crippen LogP contribution is 2.23. The molecule has 11 nitrogen and oxygen atoms in total. The number of aliphatic hydroxyl groups excluding tert-OH is 5. The molecule has 82 heavy (non-hydrogen) atoms. The zero-order valence-electron chi connectivity index (χ0n) is 52.7. The molecule has 7 atom stereocenters. The van der Waals surface area contributed by atoms with Gasteiger partial charge in [0.2, 0.25) is 5.91 Å². The Bertz CT molecular complexity index is 1590. The molecule has 0 spiro atoms. The van der Waals surface area contributed by atoms with Crippen LogP contribution >= 0.6 is 0 Å². The summed E-state index contributed by atoms with van der Waals surface area (Å²) >= 11 is 0. The van der Waals surface area contributed by atoms with Crippen molar-refractivity contribution in [3.05, 3.63) is 72.9 Å². The molecule has 0 radical (unpaired) electrons. The lowest BCUT2D eigenvalue weighted by molar-refractivity contribution is -0.302. The van der Waals surface area contributed by atoms with Crippen LogP contribution in [0, 0.1) is 0 Å². The first-order valence-electron chi connectivity index (χ1n) is 34.2. The molecular weight excluding hydrogens is 1030 g/mol. The van der Waals surface area contributed by atoms with Gasteiger partial charge in [-0.25, -0.2) is 0 Å². The number of carbonyl (C=O) groups is 2. The standard InChI is InChI=1S/C71H127NO10/c1-3-5-7-9-11-13-14-15-36-39-43-47-51-55-59-67(76)80-60-56-52-48-44-40-37-34-32-30-28-26-24-22-20-18-16-17-19-21-23-25-27-29-31-33-35-38-42-46-50-54-58-66(75)72-63(64(74)57-53-49-45-41-12-10-8-6-4-2)62-81-71-70(79)69(78)68(77)65(61-73)82-71/h9,11-12,14-15,18,20,24,26,41,53,57,63-65,68-71,73-74,77-79H,3-8,10,13,16-17,19,21-23,25,27-40,42-52,54-56,58-62H2,1-2H3,(H,72,75)/b11-9-,15-14-,20-18-,26-24-,41-12+,57-53+. The van der Waals surface area contributed by atoms with Crippen LogP contribution in [0.5, 0.6) is 0 Å². The summed E-state index contributed by atoms with van der Waals surface area (Å²) in [6.45, 7) is 4.24. The van der Waals surface area contributed by atoms with Crippen molar-refractivity contribution < 1.29 is 49.3 Å². The van der Waals surface area contributed by atoms with Crippen molar-refractivity contribution in [2.24, 2.45) is 0 Å². The minimum absolute atomic E-state index is 0.0104. The smallest absolute Gasteiger partial charge is 0.305 e. The summed E-state index contributed by atoms with van der Waals surface area (Å²) in [6, 6.07) is -0.827. The fourth-order valence-electron chi connectivity index (χ4n) is 10.3. The SMILES string of the molecule is CCCC/C=C\C/C=C\CCCCCCCC(=O)OCCCCCCCCCCC/C=C\C/C=C\CCCCCCCCCCCCCCCCCC(=O)NC(COC1OC(CO)C(O)C(O)C1O)C(O)/C=C/CC/C=C/CCCCC. The van der Waals surface area contributed by atoms with Crippen LogP contribution in [-0.2, 0) is 23.8 Å². The quantitative estimate of drug-likeness (QED) is 0.0195. The summed E-state index contributed by atoms with van der Waals surface area (Å²) in [5, 5.41) is 54.2. The van der Waals surface area contributed by atoms with Crippen LogP contribution in [0.15, 0.2) is 72.9 Å². The van der Waals surface area contributed by atoms with E-state index in [4.69, 9.17) is 14.2 Å². The van der Waals surface area contributed by atoms with Gasteiger partial charge in [0.05, 0.1) is 32.0 Å². The summed E-state index contributed by atoms with van der Waals surface area (Å²) in [5.74, 6) is -0.205. The number of hydrogen-bond acceptors (Lipinski definition) is 10. The van der Waals surface area contributed by atoms with Crippen LogP contribution in [0.25, 0.3) is 0 Å². The van der Waals surface area contributed by atoms with Gasteiger partial charge in [-0.2, -0.15) is 0 Å². The highest BCUT2D eigenvalue weighted by atomic mass is 16.7. The number of aliphatic hydroxyl groups is 5. The number of allylic oxidation sites excluding steroid dienone is 11. The third-order valence-electron chi connectivity index (χ3n) is 15.8. The van der Waals surface area contributed by atoms with Crippen molar-refractivity contribution in [1.29, 1.82) is 0 Å². The number of amides is 1. The first kappa shape index (κ1) is 77.1. The lowest BCUT2D eigenvalue weighted by Gasteiger charge is -2.40. The highest BCUT2D eigenvalue weighted by molar-refractivity contribution is 5.76. The predicted octanol–water partition coefficient (Wildman–Crippen LogP) is 17.1. The Balaban J connectivity index is 1.94. The molecule has 0 aromatic rings. The monoisotopic (exact) mass is 1150 g/mol. The Kier molecular flexibility index (Phi) is 56.2. The van der Waals surface area contributed by atoms with E-state index >= 15 is 0 Å². The van der Waals surface area contributed by atoms with E-state index < -0.39 is 49.5 Å². The molecule has 1 heterocycles. The largest absolute Gasteiger partial charge is 0.466 e. The Morgan fingerprint density at radius 2 is 0.841 bits per heavy atom. The van der Waals surface area contributed by atoms with Gasteiger partial charge in [0.1, 0.15) is 24.4 Å². The van der Waals surface area contributed by atoms with E-state index in [-0.39, 0.29) is 18.5 Å². The zero-order chi connectivity index (χ0) is 59.5. The molecule has 1 fully saturated rings. The molecule has 7 unspecified atom stereocenters. The maximum absolute atomic E-state index is 13.0. The molecule has 0 aromatic carbocycles. The zero-order valence-corrected chi connectivity index (χ0v) is 52.7. The van der Waals surface area contributed by atoms with Crippen LogP contribution in [0.4, 0.5) is 0 Å².